The van der Waals surface area contributed by atoms with E-state index in [4.69, 9.17) is 11.6 Å². The zero-order valence-corrected chi connectivity index (χ0v) is 18.4. The van der Waals surface area contributed by atoms with Crippen LogP contribution in [0.1, 0.15) is 25.3 Å². The first kappa shape index (κ1) is 20.9. The molecule has 2 fully saturated rings. The second kappa shape index (κ2) is 8.40. The third kappa shape index (κ3) is 4.23. The van der Waals surface area contributed by atoms with Gasteiger partial charge in [-0.3, -0.25) is 9.69 Å². The van der Waals surface area contributed by atoms with Crippen LogP contribution < -0.4 is 4.90 Å². The van der Waals surface area contributed by atoms with Gasteiger partial charge in [0, 0.05) is 44.7 Å². The molecule has 2 amide bonds. The summed E-state index contributed by atoms with van der Waals surface area (Å²) in [5, 5.41) is 4.94. The van der Waals surface area contributed by atoms with Crippen LogP contribution in [0.15, 0.2) is 36.7 Å². The van der Waals surface area contributed by atoms with Crippen molar-refractivity contribution in [2.24, 2.45) is 11.8 Å². The van der Waals surface area contributed by atoms with E-state index < -0.39 is 0 Å². The van der Waals surface area contributed by atoms with Gasteiger partial charge in [-0.2, -0.15) is 9.78 Å². The van der Waals surface area contributed by atoms with Crippen molar-refractivity contribution < 1.29 is 9.59 Å². The van der Waals surface area contributed by atoms with Crippen LogP contribution in [0.3, 0.4) is 0 Å². The number of hydrogen-bond donors (Lipinski definition) is 0. The Bertz CT molecular complexity index is 931. The molecule has 0 radical (unpaired) electrons. The first-order chi connectivity index (χ1) is 14.3. The zero-order valence-electron chi connectivity index (χ0n) is 17.7. The molecule has 7 nitrogen and oxygen atoms in total. The molecule has 1 aromatic heterocycles. The third-order valence-corrected chi connectivity index (χ3v) is 6.80. The predicted molar refractivity (Wildman–Crippen MR) is 117 cm³/mol. The molecule has 8 heteroatoms. The van der Waals surface area contributed by atoms with E-state index in [0.717, 1.165) is 37.5 Å². The average molecular weight is 430 g/mol. The molecule has 2 aromatic rings. The van der Waals surface area contributed by atoms with Crippen LogP contribution in [0.4, 0.5) is 10.5 Å². The zero-order chi connectivity index (χ0) is 21.4. The Morgan fingerprint density at radius 3 is 2.53 bits per heavy atom. The summed E-state index contributed by atoms with van der Waals surface area (Å²) in [7, 11) is 3.85. The van der Waals surface area contributed by atoms with Gasteiger partial charge in [-0.05, 0) is 49.4 Å². The minimum absolute atomic E-state index is 0.0920. The van der Waals surface area contributed by atoms with Gasteiger partial charge in [0.1, 0.15) is 0 Å². The Balaban J connectivity index is 1.33. The summed E-state index contributed by atoms with van der Waals surface area (Å²) in [6.07, 6.45) is 5.38. The fourth-order valence-electron chi connectivity index (χ4n) is 4.75. The molecule has 2 aliphatic rings. The number of carbonyl (C=O) groups is 2. The Morgan fingerprint density at radius 1 is 1.20 bits per heavy atom. The van der Waals surface area contributed by atoms with Crippen molar-refractivity contribution in [1.82, 2.24) is 19.6 Å². The molecule has 1 aromatic carbocycles. The maximum absolute atomic E-state index is 12.9. The van der Waals surface area contributed by atoms with Crippen molar-refractivity contribution in [3.63, 3.8) is 0 Å². The van der Waals surface area contributed by atoms with E-state index >= 15 is 0 Å². The number of rotatable bonds is 4. The van der Waals surface area contributed by atoms with Gasteiger partial charge in [0.2, 0.25) is 5.91 Å². The largest absolute Gasteiger partial charge is 0.344 e. The minimum Gasteiger partial charge on any atom is -0.322 e. The third-order valence-electron chi connectivity index (χ3n) is 6.57. The summed E-state index contributed by atoms with van der Waals surface area (Å²) in [6.45, 7) is 3.90. The molecule has 0 spiro atoms. The Hall–Kier alpha value is -2.38. The van der Waals surface area contributed by atoms with Gasteiger partial charge in [-0.15, -0.1) is 0 Å². The summed E-state index contributed by atoms with van der Waals surface area (Å²) < 4.78 is 1.35. The number of hydrogen-bond acceptors (Lipinski definition) is 4. The fraction of sp³-hybridized carbons (Fsp3) is 0.500. The average Bonchev–Trinajstić information content (AvgIpc) is 3.41. The lowest BCUT2D eigenvalue weighted by molar-refractivity contribution is -0.116. The number of benzene rings is 1. The van der Waals surface area contributed by atoms with E-state index in [-0.39, 0.29) is 11.9 Å². The molecule has 1 saturated carbocycles. The van der Waals surface area contributed by atoms with Gasteiger partial charge in [0.25, 0.3) is 0 Å². The number of likely N-dealkylation sites (tertiary alicyclic amines) is 1. The monoisotopic (exact) mass is 429 g/mol. The van der Waals surface area contributed by atoms with Crippen molar-refractivity contribution in [1.29, 1.82) is 0 Å². The van der Waals surface area contributed by atoms with Crippen LogP contribution in [0.2, 0.25) is 5.02 Å². The van der Waals surface area contributed by atoms with E-state index in [1.165, 1.54) is 22.1 Å². The highest BCUT2D eigenvalue weighted by atomic mass is 35.5. The van der Waals surface area contributed by atoms with E-state index in [0.29, 0.717) is 23.6 Å². The molecule has 0 N–H and O–H groups in total. The summed E-state index contributed by atoms with van der Waals surface area (Å²) in [5.41, 5.74) is 1.85. The Kier molecular flexibility index (Phi) is 5.84. The van der Waals surface area contributed by atoms with Gasteiger partial charge in [-0.1, -0.05) is 23.7 Å². The van der Waals surface area contributed by atoms with E-state index in [1.807, 2.05) is 23.1 Å². The van der Waals surface area contributed by atoms with Crippen molar-refractivity contribution in [2.75, 3.05) is 32.1 Å². The van der Waals surface area contributed by atoms with Gasteiger partial charge < -0.3 is 9.80 Å². The van der Waals surface area contributed by atoms with Crippen LogP contribution in [-0.2, 0) is 11.3 Å². The van der Waals surface area contributed by atoms with Crippen molar-refractivity contribution in [3.8, 4) is 0 Å². The number of fused-ring (bicyclic) bond motifs is 1. The molecular formula is C22H28ClN5O2. The van der Waals surface area contributed by atoms with Gasteiger partial charge >= 0.3 is 6.03 Å². The molecule has 2 heterocycles. The molecule has 2 atom stereocenters. The lowest BCUT2D eigenvalue weighted by Crippen LogP contribution is -2.36. The standard InChI is InChI=1S/C22H28ClN5O2/c1-15(29)26(3)21-10-24-28(14-21)22(30)27-12-17-8-20(9-18(17)13-27)25(2)11-16-5-4-6-19(23)7-16/h4-7,10,14,17-18,20H,8-9,11-13H2,1-3H3. The van der Waals surface area contributed by atoms with Gasteiger partial charge in [0.05, 0.1) is 18.1 Å². The second-order valence-electron chi connectivity index (χ2n) is 8.60. The highest BCUT2D eigenvalue weighted by Crippen LogP contribution is 2.40. The van der Waals surface area contributed by atoms with Crippen LogP contribution in [0.5, 0.6) is 0 Å². The summed E-state index contributed by atoms with van der Waals surface area (Å²) >= 11 is 6.11. The smallest absolute Gasteiger partial charge is 0.322 e. The maximum atomic E-state index is 12.9. The molecule has 160 valence electrons. The molecule has 1 aliphatic carbocycles. The number of halogens is 1. The second-order valence-corrected chi connectivity index (χ2v) is 9.04. The van der Waals surface area contributed by atoms with E-state index in [2.05, 4.69) is 23.1 Å². The van der Waals surface area contributed by atoms with Gasteiger partial charge in [0.15, 0.2) is 0 Å². The van der Waals surface area contributed by atoms with Crippen LogP contribution in [0, 0.1) is 11.8 Å². The lowest BCUT2D eigenvalue weighted by Gasteiger charge is -2.26. The number of anilines is 1. The Morgan fingerprint density at radius 2 is 1.90 bits per heavy atom. The summed E-state index contributed by atoms with van der Waals surface area (Å²) in [6, 6.07) is 8.44. The fourth-order valence-corrected chi connectivity index (χ4v) is 4.97. The molecule has 2 unspecified atom stereocenters. The highest BCUT2D eigenvalue weighted by molar-refractivity contribution is 6.30. The van der Waals surface area contributed by atoms with Crippen LogP contribution >= 0.6 is 11.6 Å². The molecule has 1 saturated heterocycles. The highest BCUT2D eigenvalue weighted by Gasteiger charge is 2.43. The van der Waals surface area contributed by atoms with Crippen molar-refractivity contribution in [3.05, 3.63) is 47.2 Å². The number of nitrogens with zero attached hydrogens (tertiary/aromatic N) is 5. The molecule has 0 bridgehead atoms. The maximum Gasteiger partial charge on any atom is 0.344 e. The number of carbonyl (C=O) groups excluding carboxylic acids is 2. The number of amides is 2. The SMILES string of the molecule is CC(=O)N(C)c1cnn(C(=O)N2CC3CC(N(C)Cc4cccc(Cl)c4)CC3C2)c1. The minimum atomic E-state index is -0.114. The molecular weight excluding hydrogens is 402 g/mol. The lowest BCUT2D eigenvalue weighted by atomic mass is 10.0. The van der Waals surface area contributed by atoms with E-state index in [9.17, 15) is 9.59 Å². The van der Waals surface area contributed by atoms with Gasteiger partial charge in [-0.25, -0.2) is 4.79 Å². The van der Waals surface area contributed by atoms with Crippen molar-refractivity contribution in [2.45, 2.75) is 32.4 Å². The Labute approximate surface area is 182 Å². The summed E-state index contributed by atoms with van der Waals surface area (Å²) in [4.78, 5) is 30.2. The summed E-state index contributed by atoms with van der Waals surface area (Å²) in [5.74, 6) is 0.956. The quantitative estimate of drug-likeness (QED) is 0.747. The first-order valence-electron chi connectivity index (χ1n) is 10.3. The van der Waals surface area contributed by atoms with E-state index in [1.54, 1.807) is 19.4 Å². The first-order valence-corrected chi connectivity index (χ1v) is 10.7. The molecule has 30 heavy (non-hydrogen) atoms. The van der Waals surface area contributed by atoms with Crippen molar-refractivity contribution >= 4 is 29.2 Å². The normalized spacial score (nSPS) is 23.1. The molecule has 4 rings (SSSR count). The molecule has 1 aliphatic heterocycles. The number of aromatic nitrogens is 2. The van der Waals surface area contributed by atoms with Crippen LogP contribution in [-0.4, -0.2) is 64.7 Å². The topological polar surface area (TPSA) is 61.7 Å². The van der Waals surface area contributed by atoms with Crippen LogP contribution in [0.25, 0.3) is 0 Å². The predicted octanol–water partition coefficient (Wildman–Crippen LogP) is 3.33.